The lowest BCUT2D eigenvalue weighted by Gasteiger charge is -2.10. The Bertz CT molecular complexity index is 530. The van der Waals surface area contributed by atoms with Crippen molar-refractivity contribution in [3.05, 3.63) is 42.0 Å². The molecule has 0 unspecified atom stereocenters. The molecule has 0 aliphatic carbocycles. The summed E-state index contributed by atoms with van der Waals surface area (Å²) >= 11 is 0. The molecule has 0 radical (unpaired) electrons. The fourth-order valence-corrected chi connectivity index (χ4v) is 1.89. The van der Waals surface area contributed by atoms with Crippen LogP contribution < -0.4 is 4.74 Å². The van der Waals surface area contributed by atoms with Crippen LogP contribution in [0.25, 0.3) is 10.8 Å². The van der Waals surface area contributed by atoms with Crippen molar-refractivity contribution < 1.29 is 9.53 Å². The maximum Gasteiger partial charge on any atom is 0.164 e. The van der Waals surface area contributed by atoms with E-state index in [0.29, 0.717) is 17.9 Å². The molecule has 0 N–H and O–H groups in total. The Labute approximate surface area is 109 Å². The van der Waals surface area contributed by atoms with Gasteiger partial charge in [0.1, 0.15) is 5.75 Å². The average molecular weight is 244 g/mol. The van der Waals surface area contributed by atoms with Crippen molar-refractivity contribution in [3.8, 4) is 5.75 Å². The van der Waals surface area contributed by atoms with Crippen molar-refractivity contribution in [1.29, 1.82) is 0 Å². The zero-order valence-corrected chi connectivity index (χ0v) is 11.5. The van der Waals surface area contributed by atoms with Crippen molar-refractivity contribution in [1.82, 2.24) is 0 Å². The lowest BCUT2D eigenvalue weighted by atomic mass is 10.0. The van der Waals surface area contributed by atoms with Crippen LogP contribution in [0, 0.1) is 0 Å². The largest absolute Gasteiger partial charge is 0.493 e. The first kappa shape index (κ1) is 14.2. The maximum absolute atomic E-state index is 11.7. The van der Waals surface area contributed by atoms with E-state index in [2.05, 4.69) is 0 Å². The number of carbonyl (C=O) groups is 1. The van der Waals surface area contributed by atoms with Crippen LogP contribution in [0.5, 0.6) is 5.75 Å². The SMILES string of the molecule is CC.CCOc1ccc2ccccc2c1C(C)=O. The van der Waals surface area contributed by atoms with E-state index in [1.165, 1.54) is 0 Å². The minimum atomic E-state index is 0.0419. The lowest BCUT2D eigenvalue weighted by molar-refractivity contribution is 0.101. The summed E-state index contributed by atoms with van der Waals surface area (Å²) in [4.78, 5) is 11.7. The van der Waals surface area contributed by atoms with Gasteiger partial charge in [-0.2, -0.15) is 0 Å². The molecule has 2 nitrogen and oxygen atoms in total. The minimum Gasteiger partial charge on any atom is -0.493 e. The van der Waals surface area contributed by atoms with E-state index >= 15 is 0 Å². The van der Waals surface area contributed by atoms with Gasteiger partial charge in [-0.3, -0.25) is 4.79 Å². The molecule has 0 saturated heterocycles. The molecule has 0 heterocycles. The second kappa shape index (κ2) is 6.80. The standard InChI is InChI=1S/C14H14O2.C2H6/c1-3-16-13-9-8-11-6-4-5-7-12(11)14(13)10(2)15;1-2/h4-9H,3H2,1-2H3;1-2H3. The highest BCUT2D eigenvalue weighted by molar-refractivity contribution is 6.09. The Morgan fingerprint density at radius 2 is 1.78 bits per heavy atom. The number of carbonyl (C=O) groups excluding carboxylic acids is 1. The summed E-state index contributed by atoms with van der Waals surface area (Å²) in [5.41, 5.74) is 0.681. The molecule has 96 valence electrons. The normalized spacial score (nSPS) is 9.56. The number of hydrogen-bond donors (Lipinski definition) is 0. The average Bonchev–Trinajstić information content (AvgIpc) is 2.40. The van der Waals surface area contributed by atoms with Crippen LogP contribution in [0.3, 0.4) is 0 Å². The van der Waals surface area contributed by atoms with Gasteiger partial charge in [0, 0.05) is 0 Å². The van der Waals surface area contributed by atoms with Crippen molar-refractivity contribution in [2.45, 2.75) is 27.7 Å². The molecule has 0 aromatic heterocycles. The predicted molar refractivity (Wildman–Crippen MR) is 76.5 cm³/mol. The third kappa shape index (κ3) is 2.89. The summed E-state index contributed by atoms with van der Waals surface area (Å²) in [7, 11) is 0. The summed E-state index contributed by atoms with van der Waals surface area (Å²) in [5, 5.41) is 2.03. The molecule has 0 atom stereocenters. The minimum absolute atomic E-state index is 0.0419. The van der Waals surface area contributed by atoms with Crippen LogP contribution >= 0.6 is 0 Å². The van der Waals surface area contributed by atoms with Crippen LogP contribution in [0.1, 0.15) is 38.1 Å². The second-order valence-corrected chi connectivity index (χ2v) is 3.65. The van der Waals surface area contributed by atoms with E-state index in [9.17, 15) is 4.79 Å². The zero-order chi connectivity index (χ0) is 13.5. The molecule has 0 amide bonds. The van der Waals surface area contributed by atoms with Gasteiger partial charge in [-0.15, -0.1) is 0 Å². The van der Waals surface area contributed by atoms with Gasteiger partial charge in [0.05, 0.1) is 12.2 Å². The van der Waals surface area contributed by atoms with Gasteiger partial charge >= 0.3 is 0 Å². The van der Waals surface area contributed by atoms with Gasteiger partial charge in [0.25, 0.3) is 0 Å². The topological polar surface area (TPSA) is 26.3 Å². The highest BCUT2D eigenvalue weighted by Gasteiger charge is 2.12. The molecule has 0 spiro atoms. The number of ether oxygens (including phenoxy) is 1. The number of benzene rings is 2. The van der Waals surface area contributed by atoms with Crippen molar-refractivity contribution in [2.75, 3.05) is 6.61 Å². The van der Waals surface area contributed by atoms with E-state index in [1.54, 1.807) is 6.92 Å². The Hall–Kier alpha value is -1.83. The zero-order valence-electron chi connectivity index (χ0n) is 11.5. The first-order valence-electron chi connectivity index (χ1n) is 6.39. The third-order valence-electron chi connectivity index (χ3n) is 2.54. The number of ketones is 1. The van der Waals surface area contributed by atoms with Crippen LogP contribution in [-0.2, 0) is 0 Å². The van der Waals surface area contributed by atoms with E-state index in [0.717, 1.165) is 10.8 Å². The Balaban J connectivity index is 0.000000771. The second-order valence-electron chi connectivity index (χ2n) is 3.65. The quantitative estimate of drug-likeness (QED) is 0.745. The summed E-state index contributed by atoms with van der Waals surface area (Å²) in [5.74, 6) is 0.717. The molecule has 0 fully saturated rings. The smallest absolute Gasteiger partial charge is 0.164 e. The van der Waals surface area contributed by atoms with Crippen molar-refractivity contribution in [2.24, 2.45) is 0 Å². The first-order valence-corrected chi connectivity index (χ1v) is 6.39. The molecule has 2 aromatic carbocycles. The van der Waals surface area contributed by atoms with Crippen LogP contribution in [0.15, 0.2) is 36.4 Å². The molecule has 0 aliphatic rings. The Morgan fingerprint density at radius 3 is 2.39 bits per heavy atom. The van der Waals surface area contributed by atoms with Gasteiger partial charge in [0.2, 0.25) is 0 Å². The van der Waals surface area contributed by atoms with Gasteiger partial charge in [-0.05, 0) is 30.7 Å². The molecular formula is C16H20O2. The number of rotatable bonds is 3. The highest BCUT2D eigenvalue weighted by atomic mass is 16.5. The van der Waals surface area contributed by atoms with E-state index in [1.807, 2.05) is 57.2 Å². The van der Waals surface area contributed by atoms with Gasteiger partial charge in [0.15, 0.2) is 5.78 Å². The van der Waals surface area contributed by atoms with Gasteiger partial charge < -0.3 is 4.74 Å². The van der Waals surface area contributed by atoms with Gasteiger partial charge in [-0.1, -0.05) is 44.2 Å². The van der Waals surface area contributed by atoms with E-state index in [-0.39, 0.29) is 5.78 Å². The molecule has 2 heteroatoms. The number of fused-ring (bicyclic) bond motifs is 1. The maximum atomic E-state index is 11.7. The summed E-state index contributed by atoms with van der Waals surface area (Å²) in [6.07, 6.45) is 0. The molecule has 18 heavy (non-hydrogen) atoms. The molecule has 0 saturated carbocycles. The van der Waals surface area contributed by atoms with E-state index in [4.69, 9.17) is 4.74 Å². The number of hydrogen-bond acceptors (Lipinski definition) is 2. The molecular weight excluding hydrogens is 224 g/mol. The third-order valence-corrected chi connectivity index (χ3v) is 2.54. The van der Waals surface area contributed by atoms with Crippen molar-refractivity contribution in [3.63, 3.8) is 0 Å². The van der Waals surface area contributed by atoms with Crippen LogP contribution in [0.4, 0.5) is 0 Å². The van der Waals surface area contributed by atoms with Crippen molar-refractivity contribution >= 4 is 16.6 Å². The van der Waals surface area contributed by atoms with E-state index < -0.39 is 0 Å². The molecule has 2 aromatic rings. The Morgan fingerprint density at radius 1 is 1.11 bits per heavy atom. The van der Waals surface area contributed by atoms with Crippen LogP contribution in [-0.4, -0.2) is 12.4 Å². The van der Waals surface area contributed by atoms with Gasteiger partial charge in [-0.25, -0.2) is 0 Å². The summed E-state index contributed by atoms with van der Waals surface area (Å²) < 4.78 is 5.49. The fourth-order valence-electron chi connectivity index (χ4n) is 1.89. The monoisotopic (exact) mass is 244 g/mol. The summed E-state index contributed by atoms with van der Waals surface area (Å²) in [6.45, 7) is 8.06. The van der Waals surface area contributed by atoms with Crippen LogP contribution in [0.2, 0.25) is 0 Å². The molecule has 0 bridgehead atoms. The Kier molecular flexibility index (Phi) is 5.37. The molecule has 0 aliphatic heterocycles. The summed E-state index contributed by atoms with van der Waals surface area (Å²) in [6, 6.07) is 11.7. The predicted octanol–water partition coefficient (Wildman–Crippen LogP) is 4.47. The fraction of sp³-hybridized carbons (Fsp3) is 0.312. The molecule has 2 rings (SSSR count). The lowest BCUT2D eigenvalue weighted by Crippen LogP contribution is -2.01. The number of Topliss-reactive ketones (excluding diaryl/α,β-unsaturated/α-hetero) is 1. The highest BCUT2D eigenvalue weighted by Crippen LogP contribution is 2.28. The first-order chi connectivity index (χ1) is 8.74.